The molecule has 88 valence electrons. The summed E-state index contributed by atoms with van der Waals surface area (Å²) in [6, 6.07) is 1.37. The largest absolute Gasteiger partial charge is 0.478 e. The van der Waals surface area contributed by atoms with Crippen molar-refractivity contribution in [3.8, 4) is 0 Å². The Morgan fingerprint density at radius 3 is 2.94 bits per heavy atom. The molecule has 0 radical (unpaired) electrons. The van der Waals surface area contributed by atoms with Crippen LogP contribution in [-0.4, -0.2) is 21.0 Å². The zero-order chi connectivity index (χ0) is 12.3. The Morgan fingerprint density at radius 2 is 2.29 bits per heavy atom. The van der Waals surface area contributed by atoms with Crippen LogP contribution in [0, 0.1) is 0 Å². The predicted molar refractivity (Wildman–Crippen MR) is 65.0 cm³/mol. The molecule has 0 aromatic carbocycles. The van der Waals surface area contributed by atoms with Gasteiger partial charge in [-0.05, 0) is 6.07 Å². The number of carboxylic acid groups (broad SMARTS) is 1. The van der Waals surface area contributed by atoms with Crippen LogP contribution in [0.15, 0.2) is 23.8 Å². The van der Waals surface area contributed by atoms with Crippen molar-refractivity contribution in [2.24, 2.45) is 0 Å². The Kier molecular flexibility index (Phi) is 3.20. The lowest BCUT2D eigenvalue weighted by molar-refractivity contribution is 0.0698. The first kappa shape index (κ1) is 11.3. The molecule has 2 rings (SSSR count). The smallest absolute Gasteiger partial charge is 0.337 e. The van der Waals surface area contributed by atoms with Crippen molar-refractivity contribution in [1.82, 2.24) is 9.97 Å². The van der Waals surface area contributed by atoms with E-state index in [1.807, 2.05) is 5.38 Å². The SMILES string of the molecule is Nc1c(C(=O)O)ccnc1NCc1nccs1. The van der Waals surface area contributed by atoms with Crippen molar-refractivity contribution < 1.29 is 9.90 Å². The fourth-order valence-corrected chi connectivity index (χ4v) is 1.86. The van der Waals surface area contributed by atoms with Crippen molar-refractivity contribution >= 4 is 28.8 Å². The summed E-state index contributed by atoms with van der Waals surface area (Å²) in [7, 11) is 0. The highest BCUT2D eigenvalue weighted by atomic mass is 32.1. The molecule has 0 saturated carbocycles. The summed E-state index contributed by atoms with van der Waals surface area (Å²) in [5, 5.41) is 14.6. The molecule has 0 saturated heterocycles. The second-order valence-electron chi connectivity index (χ2n) is 3.21. The number of nitrogens with two attached hydrogens (primary N) is 1. The van der Waals surface area contributed by atoms with E-state index in [4.69, 9.17) is 10.8 Å². The lowest BCUT2D eigenvalue weighted by Crippen LogP contribution is -2.09. The molecule has 6 nitrogen and oxygen atoms in total. The van der Waals surface area contributed by atoms with Gasteiger partial charge < -0.3 is 16.2 Å². The van der Waals surface area contributed by atoms with Crippen molar-refractivity contribution in [3.63, 3.8) is 0 Å². The van der Waals surface area contributed by atoms with Crippen LogP contribution in [0.2, 0.25) is 0 Å². The van der Waals surface area contributed by atoms with E-state index >= 15 is 0 Å². The van der Waals surface area contributed by atoms with E-state index in [2.05, 4.69) is 15.3 Å². The topological polar surface area (TPSA) is 101 Å². The number of hydrogen-bond donors (Lipinski definition) is 3. The Morgan fingerprint density at radius 1 is 1.47 bits per heavy atom. The lowest BCUT2D eigenvalue weighted by atomic mass is 10.2. The van der Waals surface area contributed by atoms with E-state index in [9.17, 15) is 4.79 Å². The van der Waals surface area contributed by atoms with Gasteiger partial charge in [-0.15, -0.1) is 11.3 Å². The van der Waals surface area contributed by atoms with E-state index < -0.39 is 5.97 Å². The maximum Gasteiger partial charge on any atom is 0.337 e. The average molecular weight is 250 g/mol. The third-order valence-electron chi connectivity index (χ3n) is 2.11. The van der Waals surface area contributed by atoms with Crippen molar-refractivity contribution in [2.75, 3.05) is 11.1 Å². The number of hydrogen-bond acceptors (Lipinski definition) is 6. The maximum atomic E-state index is 10.9. The minimum atomic E-state index is -1.07. The number of carbonyl (C=O) groups is 1. The molecule has 0 aliphatic rings. The van der Waals surface area contributed by atoms with Crippen LogP contribution < -0.4 is 11.1 Å². The van der Waals surface area contributed by atoms with Crippen LogP contribution in [0.5, 0.6) is 0 Å². The highest BCUT2D eigenvalue weighted by Gasteiger charge is 2.11. The first-order valence-corrected chi connectivity index (χ1v) is 5.66. The van der Waals surface area contributed by atoms with E-state index in [0.29, 0.717) is 12.4 Å². The van der Waals surface area contributed by atoms with Gasteiger partial charge in [-0.1, -0.05) is 0 Å². The van der Waals surface area contributed by atoms with Gasteiger partial charge >= 0.3 is 5.97 Å². The number of rotatable bonds is 4. The average Bonchev–Trinajstić information content (AvgIpc) is 2.80. The summed E-state index contributed by atoms with van der Waals surface area (Å²) >= 11 is 1.50. The molecule has 0 amide bonds. The van der Waals surface area contributed by atoms with E-state index in [-0.39, 0.29) is 11.3 Å². The zero-order valence-electron chi connectivity index (χ0n) is 8.75. The molecule has 0 fully saturated rings. The molecule has 7 heteroatoms. The quantitative estimate of drug-likeness (QED) is 0.758. The Hall–Kier alpha value is -2.15. The normalized spacial score (nSPS) is 10.1. The summed E-state index contributed by atoms with van der Waals surface area (Å²) in [4.78, 5) is 18.9. The monoisotopic (exact) mass is 250 g/mol. The Labute approximate surface area is 101 Å². The Balaban J connectivity index is 2.16. The summed E-state index contributed by atoms with van der Waals surface area (Å²) in [5.74, 6) is -0.706. The number of nitrogens with zero attached hydrogens (tertiary/aromatic N) is 2. The van der Waals surface area contributed by atoms with Crippen LogP contribution in [0.3, 0.4) is 0 Å². The van der Waals surface area contributed by atoms with E-state index in [1.165, 1.54) is 23.6 Å². The maximum absolute atomic E-state index is 10.9. The van der Waals surface area contributed by atoms with Crippen LogP contribution in [0.1, 0.15) is 15.4 Å². The zero-order valence-corrected chi connectivity index (χ0v) is 9.57. The first-order chi connectivity index (χ1) is 8.18. The lowest BCUT2D eigenvalue weighted by Gasteiger charge is -2.08. The predicted octanol–water partition coefficient (Wildman–Crippen LogP) is 1.43. The fourth-order valence-electron chi connectivity index (χ4n) is 1.30. The summed E-state index contributed by atoms with van der Waals surface area (Å²) in [5.41, 5.74) is 5.88. The van der Waals surface area contributed by atoms with Crippen LogP contribution >= 0.6 is 11.3 Å². The summed E-state index contributed by atoms with van der Waals surface area (Å²) in [6.45, 7) is 0.470. The number of pyridine rings is 1. The van der Waals surface area contributed by atoms with Gasteiger partial charge in [-0.2, -0.15) is 0 Å². The molecule has 0 unspecified atom stereocenters. The summed E-state index contributed by atoms with van der Waals surface area (Å²) in [6.07, 6.45) is 3.11. The second-order valence-corrected chi connectivity index (χ2v) is 4.18. The summed E-state index contributed by atoms with van der Waals surface area (Å²) < 4.78 is 0. The minimum absolute atomic E-state index is 0.0432. The van der Waals surface area contributed by atoms with Gasteiger partial charge in [0, 0.05) is 17.8 Å². The second kappa shape index (κ2) is 4.79. The highest BCUT2D eigenvalue weighted by molar-refractivity contribution is 7.09. The van der Waals surface area contributed by atoms with Gasteiger partial charge in [0.1, 0.15) is 10.8 Å². The van der Waals surface area contributed by atoms with Gasteiger partial charge in [0.25, 0.3) is 0 Å². The van der Waals surface area contributed by atoms with Gasteiger partial charge in [0.05, 0.1) is 17.8 Å². The molecule has 0 aliphatic heterocycles. The van der Waals surface area contributed by atoms with Crippen LogP contribution in [-0.2, 0) is 6.54 Å². The number of anilines is 2. The molecular formula is C10H10N4O2S. The standard InChI is InChI=1S/C10H10N4O2S/c11-8-6(10(15)16)1-2-13-9(8)14-5-7-12-3-4-17-7/h1-4H,5,11H2,(H,13,14)(H,15,16). The third kappa shape index (κ3) is 2.51. The number of thiazole rings is 1. The molecule has 2 aromatic heterocycles. The Bertz CT molecular complexity index is 527. The molecule has 2 heterocycles. The molecule has 0 atom stereocenters. The van der Waals surface area contributed by atoms with Crippen molar-refractivity contribution in [2.45, 2.75) is 6.54 Å². The van der Waals surface area contributed by atoms with E-state index in [0.717, 1.165) is 5.01 Å². The van der Waals surface area contributed by atoms with Gasteiger partial charge in [-0.3, -0.25) is 0 Å². The number of aromatic carboxylic acids is 1. The molecule has 4 N–H and O–H groups in total. The number of carboxylic acids is 1. The third-order valence-corrected chi connectivity index (χ3v) is 2.89. The fraction of sp³-hybridized carbons (Fsp3) is 0.100. The molecule has 0 bridgehead atoms. The minimum Gasteiger partial charge on any atom is -0.478 e. The number of aromatic nitrogens is 2. The van der Waals surface area contributed by atoms with Crippen molar-refractivity contribution in [3.05, 3.63) is 34.4 Å². The van der Waals surface area contributed by atoms with Gasteiger partial charge in [0.2, 0.25) is 0 Å². The number of nitrogens with one attached hydrogen (secondary N) is 1. The number of nitrogen functional groups attached to an aromatic ring is 1. The van der Waals surface area contributed by atoms with E-state index in [1.54, 1.807) is 6.20 Å². The first-order valence-electron chi connectivity index (χ1n) is 4.78. The van der Waals surface area contributed by atoms with Gasteiger partial charge in [-0.25, -0.2) is 14.8 Å². The molecule has 17 heavy (non-hydrogen) atoms. The molecule has 0 spiro atoms. The highest BCUT2D eigenvalue weighted by Crippen LogP contribution is 2.20. The van der Waals surface area contributed by atoms with Crippen molar-refractivity contribution in [1.29, 1.82) is 0 Å². The molecule has 0 aliphatic carbocycles. The van der Waals surface area contributed by atoms with Gasteiger partial charge in [0.15, 0.2) is 0 Å². The van der Waals surface area contributed by atoms with Crippen LogP contribution in [0.25, 0.3) is 0 Å². The molecular weight excluding hydrogens is 240 g/mol. The van der Waals surface area contributed by atoms with Crippen LogP contribution in [0.4, 0.5) is 11.5 Å². The molecule has 2 aromatic rings.